The third kappa shape index (κ3) is 2.87. The summed E-state index contributed by atoms with van der Waals surface area (Å²) in [6.07, 6.45) is 3.42. The normalized spacial score (nSPS) is 20.8. The zero-order valence-corrected chi connectivity index (χ0v) is 11.1. The number of hydrogen-bond acceptors (Lipinski definition) is 3. The third-order valence-corrected chi connectivity index (χ3v) is 4.44. The van der Waals surface area contributed by atoms with Crippen molar-refractivity contribution >= 4 is 17.2 Å². The largest absolute Gasteiger partial charge is 0.394 e. The van der Waals surface area contributed by atoms with Gasteiger partial charge in [-0.1, -0.05) is 6.92 Å². The molecular formula is C13H19NO2S. The van der Waals surface area contributed by atoms with E-state index in [1.165, 1.54) is 16.9 Å². The lowest BCUT2D eigenvalue weighted by atomic mass is 9.90. The molecule has 1 aromatic rings. The van der Waals surface area contributed by atoms with Crippen molar-refractivity contribution in [1.29, 1.82) is 0 Å². The predicted molar refractivity (Wildman–Crippen MR) is 69.5 cm³/mol. The Hall–Kier alpha value is -0.870. The molecule has 94 valence electrons. The Morgan fingerprint density at radius 1 is 1.71 bits per heavy atom. The van der Waals surface area contributed by atoms with Crippen molar-refractivity contribution < 1.29 is 9.90 Å². The number of thiophene rings is 1. The van der Waals surface area contributed by atoms with Gasteiger partial charge in [0.2, 0.25) is 0 Å². The number of carbonyl (C=O) groups excluding carboxylic acids is 1. The van der Waals surface area contributed by atoms with E-state index in [4.69, 9.17) is 5.11 Å². The molecule has 0 aromatic carbocycles. The summed E-state index contributed by atoms with van der Waals surface area (Å²) in [5, 5.41) is 11.7. The number of rotatable bonds is 3. The van der Waals surface area contributed by atoms with Gasteiger partial charge in [-0.25, -0.2) is 0 Å². The molecule has 1 aromatic heterocycles. The Labute approximate surface area is 106 Å². The second-order valence-electron chi connectivity index (χ2n) is 4.96. The molecule has 1 unspecified atom stereocenters. The highest BCUT2D eigenvalue weighted by molar-refractivity contribution is 7.14. The maximum absolute atomic E-state index is 11.9. The molecule has 17 heavy (non-hydrogen) atoms. The van der Waals surface area contributed by atoms with Gasteiger partial charge in [0.15, 0.2) is 0 Å². The van der Waals surface area contributed by atoms with Gasteiger partial charge in [0.05, 0.1) is 11.5 Å². The van der Waals surface area contributed by atoms with Gasteiger partial charge in [-0.2, -0.15) is 0 Å². The number of aliphatic hydroxyl groups excluding tert-OH is 1. The molecule has 1 heterocycles. The lowest BCUT2D eigenvalue weighted by molar-refractivity contribution is 0.0926. The number of nitrogens with one attached hydrogen (secondary N) is 1. The number of amides is 1. The third-order valence-electron chi connectivity index (χ3n) is 3.20. The van der Waals surface area contributed by atoms with Crippen molar-refractivity contribution in [3.8, 4) is 0 Å². The van der Waals surface area contributed by atoms with Crippen LogP contribution in [0.4, 0.5) is 0 Å². The summed E-state index contributed by atoms with van der Waals surface area (Å²) in [5.41, 5.74) is 1.34. The summed E-state index contributed by atoms with van der Waals surface area (Å²) >= 11 is 1.60. The molecule has 1 aliphatic carbocycles. The molecule has 0 saturated carbocycles. The molecule has 0 bridgehead atoms. The van der Waals surface area contributed by atoms with E-state index in [0.717, 1.165) is 23.6 Å². The predicted octanol–water partition coefficient (Wildman–Crippen LogP) is 1.98. The first-order valence-corrected chi connectivity index (χ1v) is 6.95. The first-order valence-electron chi connectivity index (χ1n) is 6.13. The van der Waals surface area contributed by atoms with E-state index in [-0.39, 0.29) is 18.6 Å². The van der Waals surface area contributed by atoms with E-state index in [2.05, 4.69) is 12.2 Å². The molecule has 2 rings (SSSR count). The summed E-state index contributed by atoms with van der Waals surface area (Å²) in [6.45, 7) is 4.04. The van der Waals surface area contributed by atoms with Crippen LogP contribution in [-0.2, 0) is 12.8 Å². The standard InChI is InChI=1S/C13H19NO2S/c1-8-3-4-11-10(5-8)6-12(17-11)13(16)14-9(2)7-15/h6,8-9,15H,3-5,7H2,1-2H3,(H,14,16)/t8?,9-/m1/s1. The van der Waals surface area contributed by atoms with Crippen LogP contribution in [0.5, 0.6) is 0 Å². The van der Waals surface area contributed by atoms with Crippen LogP contribution in [0.25, 0.3) is 0 Å². The Morgan fingerprint density at radius 2 is 2.47 bits per heavy atom. The molecule has 2 N–H and O–H groups in total. The van der Waals surface area contributed by atoms with Gasteiger partial charge in [-0.15, -0.1) is 11.3 Å². The maximum atomic E-state index is 11.9. The molecule has 0 fully saturated rings. The van der Waals surface area contributed by atoms with Crippen molar-refractivity contribution in [3.05, 3.63) is 21.4 Å². The molecule has 1 amide bonds. The minimum Gasteiger partial charge on any atom is -0.394 e. The minimum atomic E-state index is -0.180. The molecule has 0 aliphatic heterocycles. The fourth-order valence-corrected chi connectivity index (χ4v) is 3.27. The number of aryl methyl sites for hydroxylation is 1. The number of hydrogen-bond donors (Lipinski definition) is 2. The van der Waals surface area contributed by atoms with E-state index in [1.807, 2.05) is 6.07 Å². The van der Waals surface area contributed by atoms with E-state index < -0.39 is 0 Å². The Morgan fingerprint density at radius 3 is 3.18 bits per heavy atom. The van der Waals surface area contributed by atoms with Crippen molar-refractivity contribution in [2.45, 2.75) is 39.2 Å². The average molecular weight is 253 g/mol. The van der Waals surface area contributed by atoms with Crippen LogP contribution in [-0.4, -0.2) is 23.7 Å². The smallest absolute Gasteiger partial charge is 0.261 e. The number of aliphatic hydroxyl groups is 1. The summed E-state index contributed by atoms with van der Waals surface area (Å²) < 4.78 is 0. The molecule has 4 heteroatoms. The zero-order chi connectivity index (χ0) is 12.4. The monoisotopic (exact) mass is 253 g/mol. The van der Waals surface area contributed by atoms with E-state index in [9.17, 15) is 4.79 Å². The first-order chi connectivity index (χ1) is 8.10. The van der Waals surface area contributed by atoms with Crippen LogP contribution in [0, 0.1) is 5.92 Å². The van der Waals surface area contributed by atoms with Crippen LogP contribution in [0.2, 0.25) is 0 Å². The molecule has 0 spiro atoms. The van der Waals surface area contributed by atoms with Crippen LogP contribution in [0.3, 0.4) is 0 Å². The molecule has 1 aliphatic rings. The number of fused-ring (bicyclic) bond motifs is 1. The average Bonchev–Trinajstić information content (AvgIpc) is 2.71. The van der Waals surface area contributed by atoms with Crippen LogP contribution in [0.15, 0.2) is 6.07 Å². The molecule has 0 saturated heterocycles. The van der Waals surface area contributed by atoms with Crippen LogP contribution >= 0.6 is 11.3 Å². The van der Waals surface area contributed by atoms with E-state index in [1.54, 1.807) is 18.3 Å². The second kappa shape index (κ2) is 5.19. The lowest BCUT2D eigenvalue weighted by Crippen LogP contribution is -2.34. The summed E-state index contributed by atoms with van der Waals surface area (Å²) in [7, 11) is 0. The Bertz CT molecular complexity index is 414. The van der Waals surface area contributed by atoms with Crippen LogP contribution in [0.1, 0.15) is 40.4 Å². The molecule has 2 atom stereocenters. The van der Waals surface area contributed by atoms with Gasteiger partial charge in [0.25, 0.3) is 5.91 Å². The maximum Gasteiger partial charge on any atom is 0.261 e. The fraction of sp³-hybridized carbons (Fsp3) is 0.615. The summed E-state index contributed by atoms with van der Waals surface area (Å²) in [4.78, 5) is 14.0. The fourth-order valence-electron chi connectivity index (χ4n) is 2.16. The van der Waals surface area contributed by atoms with E-state index >= 15 is 0 Å². The highest BCUT2D eigenvalue weighted by Gasteiger charge is 2.21. The Kier molecular flexibility index (Phi) is 3.84. The minimum absolute atomic E-state index is 0.0200. The first kappa shape index (κ1) is 12.6. The van der Waals surface area contributed by atoms with Gasteiger partial charge < -0.3 is 10.4 Å². The highest BCUT2D eigenvalue weighted by atomic mass is 32.1. The lowest BCUT2D eigenvalue weighted by Gasteiger charge is -2.16. The second-order valence-corrected chi connectivity index (χ2v) is 6.10. The Balaban J connectivity index is 2.10. The molecule has 3 nitrogen and oxygen atoms in total. The van der Waals surface area contributed by atoms with Gasteiger partial charge in [0.1, 0.15) is 0 Å². The van der Waals surface area contributed by atoms with Gasteiger partial charge in [-0.05, 0) is 43.7 Å². The summed E-state index contributed by atoms with van der Waals surface area (Å²) in [6, 6.07) is 1.84. The molecular weight excluding hydrogens is 234 g/mol. The van der Waals surface area contributed by atoms with E-state index in [0.29, 0.717) is 0 Å². The number of carbonyl (C=O) groups is 1. The van der Waals surface area contributed by atoms with Crippen molar-refractivity contribution in [2.75, 3.05) is 6.61 Å². The van der Waals surface area contributed by atoms with Gasteiger partial charge in [0, 0.05) is 10.9 Å². The highest BCUT2D eigenvalue weighted by Crippen LogP contribution is 2.32. The molecule has 0 radical (unpaired) electrons. The topological polar surface area (TPSA) is 49.3 Å². The van der Waals surface area contributed by atoms with Gasteiger partial charge in [-0.3, -0.25) is 4.79 Å². The SMILES string of the molecule is CC1CCc2sc(C(=O)N[C@H](C)CO)cc2C1. The van der Waals surface area contributed by atoms with Gasteiger partial charge >= 0.3 is 0 Å². The van der Waals surface area contributed by atoms with Crippen LogP contribution < -0.4 is 5.32 Å². The van der Waals surface area contributed by atoms with Crippen molar-refractivity contribution in [3.63, 3.8) is 0 Å². The summed E-state index contributed by atoms with van der Waals surface area (Å²) in [5.74, 6) is 0.669. The quantitative estimate of drug-likeness (QED) is 0.865. The van der Waals surface area contributed by atoms with Crippen molar-refractivity contribution in [1.82, 2.24) is 5.32 Å². The van der Waals surface area contributed by atoms with Crippen molar-refractivity contribution in [2.24, 2.45) is 5.92 Å². The zero-order valence-electron chi connectivity index (χ0n) is 10.3.